The standard InChI is InChI=1S/C21H22N6O3/c22-11-14-3-1-2-4-16(14)27-17-9-10-23-20(28)18(17)19(26-27)25-15-7-5-13(6-8-15)12-24-21(29)30/h5-10,14,16,24H,1-4,12H2,(H,23,28)(H,25,26)(H,29,30). The van der Waals surface area contributed by atoms with Crippen molar-refractivity contribution in [2.75, 3.05) is 5.32 Å². The molecule has 1 aliphatic rings. The fourth-order valence-corrected chi connectivity index (χ4v) is 4.01. The number of fused-ring (bicyclic) bond motifs is 1. The summed E-state index contributed by atoms with van der Waals surface area (Å²) >= 11 is 0. The van der Waals surface area contributed by atoms with Crippen molar-refractivity contribution in [3.8, 4) is 6.07 Å². The van der Waals surface area contributed by atoms with Gasteiger partial charge >= 0.3 is 6.09 Å². The maximum Gasteiger partial charge on any atom is 0.404 e. The van der Waals surface area contributed by atoms with Crippen LogP contribution in [0.1, 0.15) is 37.3 Å². The molecule has 2 atom stereocenters. The van der Waals surface area contributed by atoms with Gasteiger partial charge in [-0.1, -0.05) is 25.0 Å². The van der Waals surface area contributed by atoms with Gasteiger partial charge in [0.15, 0.2) is 5.82 Å². The highest BCUT2D eigenvalue weighted by molar-refractivity contribution is 5.91. The van der Waals surface area contributed by atoms with Gasteiger partial charge in [0, 0.05) is 18.4 Å². The molecule has 0 bridgehead atoms. The number of carboxylic acid groups (broad SMARTS) is 1. The summed E-state index contributed by atoms with van der Waals surface area (Å²) in [5.74, 6) is 0.306. The Kier molecular flexibility index (Phi) is 5.39. The summed E-state index contributed by atoms with van der Waals surface area (Å²) in [6.07, 6.45) is 4.27. The lowest BCUT2D eigenvalue weighted by Gasteiger charge is -2.27. The van der Waals surface area contributed by atoms with Gasteiger partial charge in [-0.15, -0.1) is 0 Å². The number of pyridine rings is 1. The summed E-state index contributed by atoms with van der Waals surface area (Å²) < 4.78 is 1.82. The zero-order chi connectivity index (χ0) is 21.1. The molecule has 2 unspecified atom stereocenters. The number of rotatable bonds is 5. The number of carbonyl (C=O) groups is 1. The van der Waals surface area contributed by atoms with Crippen LogP contribution >= 0.6 is 0 Å². The van der Waals surface area contributed by atoms with E-state index in [4.69, 9.17) is 10.2 Å². The highest BCUT2D eigenvalue weighted by Crippen LogP contribution is 2.36. The summed E-state index contributed by atoms with van der Waals surface area (Å²) in [5.41, 5.74) is 2.00. The molecule has 0 spiro atoms. The van der Waals surface area contributed by atoms with Crippen LogP contribution in [-0.2, 0) is 6.54 Å². The minimum Gasteiger partial charge on any atom is -0.465 e. The molecule has 30 heavy (non-hydrogen) atoms. The Morgan fingerprint density at radius 2 is 2.03 bits per heavy atom. The molecular weight excluding hydrogens is 384 g/mol. The first-order valence-electron chi connectivity index (χ1n) is 9.89. The fourth-order valence-electron chi connectivity index (χ4n) is 4.01. The van der Waals surface area contributed by atoms with E-state index in [2.05, 4.69) is 21.7 Å². The number of amides is 1. The normalized spacial score (nSPS) is 18.6. The van der Waals surface area contributed by atoms with Gasteiger partial charge < -0.3 is 20.7 Å². The Balaban J connectivity index is 1.67. The molecule has 1 amide bonds. The SMILES string of the molecule is N#CC1CCCCC1n1nc(Nc2ccc(CNC(=O)O)cc2)c2c(=O)[nH]ccc21. The molecule has 0 saturated heterocycles. The number of aromatic nitrogens is 3. The van der Waals surface area contributed by atoms with Crippen LogP contribution in [0.2, 0.25) is 0 Å². The Labute approximate surface area is 172 Å². The zero-order valence-corrected chi connectivity index (χ0v) is 16.3. The number of nitrogens with zero attached hydrogens (tertiary/aromatic N) is 3. The van der Waals surface area contributed by atoms with Crippen molar-refractivity contribution in [1.82, 2.24) is 20.1 Å². The van der Waals surface area contributed by atoms with E-state index >= 15 is 0 Å². The third-order valence-corrected chi connectivity index (χ3v) is 5.50. The number of H-pyrrole nitrogens is 1. The molecule has 154 valence electrons. The van der Waals surface area contributed by atoms with E-state index in [1.54, 1.807) is 30.5 Å². The number of aromatic amines is 1. The van der Waals surface area contributed by atoms with Gasteiger partial charge in [0.25, 0.3) is 5.56 Å². The van der Waals surface area contributed by atoms with Crippen molar-refractivity contribution in [3.05, 3.63) is 52.4 Å². The van der Waals surface area contributed by atoms with E-state index < -0.39 is 6.09 Å². The summed E-state index contributed by atoms with van der Waals surface area (Å²) in [5, 5.41) is 29.0. The van der Waals surface area contributed by atoms with Crippen molar-refractivity contribution in [3.63, 3.8) is 0 Å². The average Bonchev–Trinajstić information content (AvgIpc) is 3.12. The van der Waals surface area contributed by atoms with Crippen LogP contribution in [0.3, 0.4) is 0 Å². The topological polar surface area (TPSA) is 136 Å². The molecule has 9 heteroatoms. The molecule has 1 aromatic carbocycles. The van der Waals surface area contributed by atoms with Crippen LogP contribution in [0, 0.1) is 17.2 Å². The molecule has 2 aromatic heterocycles. The second kappa shape index (κ2) is 8.29. The van der Waals surface area contributed by atoms with Crippen molar-refractivity contribution >= 4 is 28.5 Å². The molecule has 2 heterocycles. The Morgan fingerprint density at radius 1 is 1.27 bits per heavy atom. The number of benzene rings is 1. The quantitative estimate of drug-likeness (QED) is 0.512. The summed E-state index contributed by atoms with van der Waals surface area (Å²) in [7, 11) is 0. The molecular formula is C21H22N6O3. The molecule has 1 aliphatic carbocycles. The Bertz CT molecular complexity index is 1160. The lowest BCUT2D eigenvalue weighted by atomic mass is 9.85. The van der Waals surface area contributed by atoms with Gasteiger partial charge in [-0.3, -0.25) is 9.48 Å². The van der Waals surface area contributed by atoms with E-state index in [1.165, 1.54) is 0 Å². The monoisotopic (exact) mass is 406 g/mol. The minimum absolute atomic E-state index is 0.0620. The van der Waals surface area contributed by atoms with E-state index in [1.807, 2.05) is 10.7 Å². The predicted molar refractivity (Wildman–Crippen MR) is 112 cm³/mol. The van der Waals surface area contributed by atoms with Gasteiger partial charge in [0.05, 0.1) is 23.5 Å². The van der Waals surface area contributed by atoms with Gasteiger partial charge in [-0.2, -0.15) is 10.4 Å². The van der Waals surface area contributed by atoms with E-state index in [0.717, 1.165) is 36.9 Å². The van der Waals surface area contributed by atoms with Gasteiger partial charge in [0.2, 0.25) is 0 Å². The maximum atomic E-state index is 12.6. The van der Waals surface area contributed by atoms with Crippen molar-refractivity contribution in [2.45, 2.75) is 38.3 Å². The molecule has 4 rings (SSSR count). The largest absolute Gasteiger partial charge is 0.465 e. The second-order valence-corrected chi connectivity index (χ2v) is 7.43. The first-order chi connectivity index (χ1) is 14.6. The molecule has 0 radical (unpaired) electrons. The van der Waals surface area contributed by atoms with Crippen LogP contribution in [0.15, 0.2) is 41.3 Å². The van der Waals surface area contributed by atoms with E-state index in [0.29, 0.717) is 16.7 Å². The van der Waals surface area contributed by atoms with Crippen LogP contribution in [0.4, 0.5) is 16.3 Å². The van der Waals surface area contributed by atoms with Gasteiger partial charge in [-0.25, -0.2) is 4.79 Å². The molecule has 9 nitrogen and oxygen atoms in total. The lowest BCUT2D eigenvalue weighted by molar-refractivity contribution is 0.194. The zero-order valence-electron chi connectivity index (χ0n) is 16.3. The van der Waals surface area contributed by atoms with Crippen LogP contribution < -0.4 is 16.2 Å². The molecule has 4 N–H and O–H groups in total. The van der Waals surface area contributed by atoms with Gasteiger partial charge in [0.1, 0.15) is 5.39 Å². The summed E-state index contributed by atoms with van der Waals surface area (Å²) in [4.78, 5) is 25.9. The highest BCUT2D eigenvalue weighted by Gasteiger charge is 2.29. The van der Waals surface area contributed by atoms with Crippen LogP contribution in [0.5, 0.6) is 0 Å². The molecule has 3 aromatic rings. The second-order valence-electron chi connectivity index (χ2n) is 7.43. The molecule has 0 aliphatic heterocycles. The highest BCUT2D eigenvalue weighted by atomic mass is 16.4. The number of hydrogen-bond acceptors (Lipinski definition) is 5. The average molecular weight is 406 g/mol. The Hall–Kier alpha value is -3.80. The van der Waals surface area contributed by atoms with E-state index in [-0.39, 0.29) is 24.1 Å². The smallest absolute Gasteiger partial charge is 0.404 e. The van der Waals surface area contributed by atoms with Crippen molar-refractivity contribution in [1.29, 1.82) is 5.26 Å². The van der Waals surface area contributed by atoms with Crippen molar-refractivity contribution < 1.29 is 9.90 Å². The third-order valence-electron chi connectivity index (χ3n) is 5.50. The fraction of sp³-hybridized carbons (Fsp3) is 0.333. The number of nitriles is 1. The minimum atomic E-state index is -1.08. The number of hydrogen-bond donors (Lipinski definition) is 4. The van der Waals surface area contributed by atoms with Gasteiger partial charge in [-0.05, 0) is 36.6 Å². The predicted octanol–water partition coefficient (Wildman–Crippen LogP) is 3.49. The lowest BCUT2D eigenvalue weighted by Crippen LogP contribution is -2.23. The summed E-state index contributed by atoms with van der Waals surface area (Å²) in [6, 6.07) is 11.4. The maximum absolute atomic E-state index is 12.6. The number of anilines is 2. The van der Waals surface area contributed by atoms with Crippen LogP contribution in [0.25, 0.3) is 10.9 Å². The molecule has 1 fully saturated rings. The number of nitrogens with one attached hydrogen (secondary N) is 3. The summed E-state index contributed by atoms with van der Waals surface area (Å²) in [6.45, 7) is 0.212. The Morgan fingerprint density at radius 3 is 2.77 bits per heavy atom. The van der Waals surface area contributed by atoms with E-state index in [9.17, 15) is 14.9 Å². The molecule has 1 saturated carbocycles. The third kappa shape index (κ3) is 3.85. The van der Waals surface area contributed by atoms with Crippen LogP contribution in [-0.4, -0.2) is 26.0 Å². The first kappa shape index (κ1) is 19.5. The first-order valence-corrected chi connectivity index (χ1v) is 9.89. The van der Waals surface area contributed by atoms with Crippen molar-refractivity contribution in [2.24, 2.45) is 5.92 Å².